The quantitative estimate of drug-likeness (QED) is 0.759. The summed E-state index contributed by atoms with van der Waals surface area (Å²) in [5.74, 6) is 0.807. The highest BCUT2D eigenvalue weighted by Crippen LogP contribution is 2.26. The van der Waals surface area contributed by atoms with Crippen LogP contribution in [0.5, 0.6) is 5.75 Å². The molecule has 3 aromatic rings. The summed E-state index contributed by atoms with van der Waals surface area (Å²) in [5, 5.41) is 0. The van der Waals surface area contributed by atoms with Crippen LogP contribution in [0.15, 0.2) is 65.4 Å². The van der Waals surface area contributed by atoms with Crippen LogP contribution in [0.2, 0.25) is 0 Å². The number of rotatable bonds is 6. The van der Waals surface area contributed by atoms with E-state index in [1.54, 1.807) is 12.1 Å². The maximum Gasteiger partial charge on any atom is 0.255 e. The highest BCUT2D eigenvalue weighted by atomic mass is 16.5. The van der Waals surface area contributed by atoms with E-state index in [0.717, 1.165) is 17.0 Å². The summed E-state index contributed by atoms with van der Waals surface area (Å²) in [7, 11) is 0. The lowest BCUT2D eigenvalue weighted by Gasteiger charge is -2.05. The van der Waals surface area contributed by atoms with Crippen LogP contribution < -0.4 is 10.5 Å². The molecule has 5 heteroatoms. The third-order valence-corrected chi connectivity index (χ3v) is 3.35. The van der Waals surface area contributed by atoms with E-state index in [9.17, 15) is 4.79 Å². The molecule has 0 saturated heterocycles. The van der Waals surface area contributed by atoms with Gasteiger partial charge in [-0.05, 0) is 29.8 Å². The van der Waals surface area contributed by atoms with Crippen LogP contribution in [0.1, 0.15) is 11.3 Å². The number of nitrogens with two attached hydrogens (primary N) is 1. The van der Waals surface area contributed by atoms with Gasteiger partial charge in [0.25, 0.3) is 5.91 Å². The van der Waals surface area contributed by atoms with E-state index in [0.29, 0.717) is 12.2 Å². The van der Waals surface area contributed by atoms with Gasteiger partial charge >= 0.3 is 0 Å². The molecule has 2 N–H and O–H groups in total. The fourth-order valence-corrected chi connectivity index (χ4v) is 2.28. The molecule has 0 saturated carbocycles. The number of amides is 1. The van der Waals surface area contributed by atoms with Gasteiger partial charge in [0.1, 0.15) is 5.75 Å². The topological polar surface area (TPSA) is 78.4 Å². The molecule has 0 spiro atoms. The molecule has 1 aromatic heterocycles. The van der Waals surface area contributed by atoms with Gasteiger partial charge in [0.05, 0.1) is 5.69 Å². The zero-order valence-electron chi connectivity index (χ0n) is 12.4. The third-order valence-electron chi connectivity index (χ3n) is 3.35. The number of oxazole rings is 1. The van der Waals surface area contributed by atoms with Crippen molar-refractivity contribution >= 4 is 5.91 Å². The molecule has 23 heavy (non-hydrogen) atoms. The summed E-state index contributed by atoms with van der Waals surface area (Å²) in [4.78, 5) is 15.0. The minimum absolute atomic E-state index is 0.138. The van der Waals surface area contributed by atoms with Gasteiger partial charge in [-0.25, -0.2) is 4.98 Å². The molecule has 5 nitrogen and oxygen atoms in total. The first-order valence-corrected chi connectivity index (χ1v) is 7.20. The molecule has 0 atom stereocenters. The smallest absolute Gasteiger partial charge is 0.255 e. The minimum Gasteiger partial charge on any atom is -0.484 e. The van der Waals surface area contributed by atoms with E-state index < -0.39 is 5.91 Å². The molecule has 0 aliphatic carbocycles. The molecular formula is C18H16N2O3. The molecule has 0 radical (unpaired) electrons. The number of benzene rings is 2. The first kappa shape index (κ1) is 14.8. The van der Waals surface area contributed by atoms with E-state index >= 15 is 0 Å². The maximum absolute atomic E-state index is 10.7. The second-order valence-corrected chi connectivity index (χ2v) is 5.07. The summed E-state index contributed by atoms with van der Waals surface area (Å²) in [6, 6.07) is 17.4. The molecule has 0 aliphatic heterocycles. The van der Waals surface area contributed by atoms with Gasteiger partial charge in [0.15, 0.2) is 18.8 Å². The number of carbonyl (C=O) groups is 1. The standard InChI is InChI=1S/C18H16N2O3/c19-17(21)11-22-15-8-6-14(7-9-15)18-16(20-12-23-18)10-13-4-2-1-3-5-13/h1-9,12H,10-11H2,(H2,19,21). The number of carbonyl (C=O) groups excluding carboxylic acids is 1. The first-order chi connectivity index (χ1) is 11.2. The highest BCUT2D eigenvalue weighted by Gasteiger charge is 2.11. The predicted octanol–water partition coefficient (Wildman–Crippen LogP) is 2.80. The SMILES string of the molecule is NC(=O)COc1ccc(-c2ocnc2Cc2ccccc2)cc1. The number of nitrogens with zero attached hydrogens (tertiary/aromatic N) is 1. The molecule has 0 unspecified atom stereocenters. The average molecular weight is 308 g/mol. The Bertz CT molecular complexity index is 780. The van der Waals surface area contributed by atoms with Crippen molar-refractivity contribution in [2.45, 2.75) is 6.42 Å². The summed E-state index contributed by atoms with van der Waals surface area (Å²) in [6.45, 7) is -0.138. The van der Waals surface area contributed by atoms with Gasteiger partial charge in [-0.15, -0.1) is 0 Å². The average Bonchev–Trinajstić information content (AvgIpc) is 3.02. The fourth-order valence-electron chi connectivity index (χ4n) is 2.28. The van der Waals surface area contributed by atoms with E-state index in [1.165, 1.54) is 12.0 Å². The van der Waals surface area contributed by atoms with E-state index in [-0.39, 0.29) is 6.61 Å². The highest BCUT2D eigenvalue weighted by molar-refractivity contribution is 5.75. The molecule has 1 heterocycles. The molecule has 0 bridgehead atoms. The molecule has 3 rings (SSSR count). The van der Waals surface area contributed by atoms with Crippen LogP contribution >= 0.6 is 0 Å². The zero-order valence-corrected chi connectivity index (χ0v) is 12.4. The van der Waals surface area contributed by atoms with Crippen molar-refractivity contribution in [3.8, 4) is 17.1 Å². The Hall–Kier alpha value is -3.08. The largest absolute Gasteiger partial charge is 0.484 e. The molecular weight excluding hydrogens is 292 g/mol. The van der Waals surface area contributed by atoms with Crippen molar-refractivity contribution in [3.63, 3.8) is 0 Å². The zero-order chi connectivity index (χ0) is 16.1. The minimum atomic E-state index is -0.505. The van der Waals surface area contributed by atoms with Gasteiger partial charge in [-0.2, -0.15) is 0 Å². The van der Waals surface area contributed by atoms with Gasteiger partial charge in [-0.1, -0.05) is 30.3 Å². The van der Waals surface area contributed by atoms with Gasteiger partial charge in [-0.3, -0.25) is 4.79 Å². The van der Waals surface area contributed by atoms with Crippen molar-refractivity contribution in [3.05, 3.63) is 72.2 Å². The molecule has 0 aliphatic rings. The normalized spacial score (nSPS) is 10.4. The van der Waals surface area contributed by atoms with Crippen molar-refractivity contribution in [2.75, 3.05) is 6.61 Å². The second kappa shape index (κ2) is 6.79. The maximum atomic E-state index is 10.7. The Morgan fingerprint density at radius 1 is 1.09 bits per heavy atom. The summed E-state index contributed by atoms with van der Waals surface area (Å²) in [6.07, 6.45) is 2.15. The van der Waals surface area contributed by atoms with Crippen LogP contribution in [-0.2, 0) is 11.2 Å². The van der Waals surface area contributed by atoms with Gasteiger partial charge < -0.3 is 14.9 Å². The Labute approximate surface area is 133 Å². The van der Waals surface area contributed by atoms with Crippen molar-refractivity contribution < 1.29 is 13.9 Å². The van der Waals surface area contributed by atoms with E-state index in [4.69, 9.17) is 14.9 Å². The van der Waals surface area contributed by atoms with Crippen LogP contribution in [0.25, 0.3) is 11.3 Å². The predicted molar refractivity (Wildman–Crippen MR) is 85.9 cm³/mol. The third kappa shape index (κ3) is 3.77. The van der Waals surface area contributed by atoms with Crippen molar-refractivity contribution in [1.82, 2.24) is 4.98 Å². The Kier molecular flexibility index (Phi) is 4.38. The second-order valence-electron chi connectivity index (χ2n) is 5.07. The number of hydrogen-bond acceptors (Lipinski definition) is 4. The lowest BCUT2D eigenvalue weighted by Crippen LogP contribution is -2.19. The Morgan fingerprint density at radius 2 is 1.83 bits per heavy atom. The summed E-state index contributed by atoms with van der Waals surface area (Å²) in [5.41, 5.74) is 8.00. The first-order valence-electron chi connectivity index (χ1n) is 7.20. The van der Waals surface area contributed by atoms with Crippen LogP contribution in [0.3, 0.4) is 0 Å². The van der Waals surface area contributed by atoms with E-state index in [1.807, 2.05) is 30.3 Å². The lowest BCUT2D eigenvalue weighted by atomic mass is 10.1. The van der Waals surface area contributed by atoms with Crippen LogP contribution in [0, 0.1) is 0 Å². The van der Waals surface area contributed by atoms with Crippen molar-refractivity contribution in [1.29, 1.82) is 0 Å². The summed E-state index contributed by atoms with van der Waals surface area (Å²) >= 11 is 0. The van der Waals surface area contributed by atoms with Crippen molar-refractivity contribution in [2.24, 2.45) is 5.73 Å². The molecule has 0 fully saturated rings. The lowest BCUT2D eigenvalue weighted by molar-refractivity contribution is -0.119. The fraction of sp³-hybridized carbons (Fsp3) is 0.111. The number of primary amides is 1. The Balaban J connectivity index is 1.77. The summed E-state index contributed by atoms with van der Waals surface area (Å²) < 4.78 is 10.8. The van der Waals surface area contributed by atoms with Crippen LogP contribution in [0.4, 0.5) is 0 Å². The number of aromatic nitrogens is 1. The van der Waals surface area contributed by atoms with E-state index in [2.05, 4.69) is 17.1 Å². The van der Waals surface area contributed by atoms with Gasteiger partial charge in [0.2, 0.25) is 0 Å². The monoisotopic (exact) mass is 308 g/mol. The number of ether oxygens (including phenoxy) is 1. The van der Waals surface area contributed by atoms with Gasteiger partial charge in [0, 0.05) is 12.0 Å². The number of hydrogen-bond donors (Lipinski definition) is 1. The molecule has 1 amide bonds. The van der Waals surface area contributed by atoms with Crippen LogP contribution in [-0.4, -0.2) is 17.5 Å². The Morgan fingerprint density at radius 3 is 2.52 bits per heavy atom. The molecule has 116 valence electrons. The molecule has 2 aromatic carbocycles.